The van der Waals surface area contributed by atoms with Crippen LogP contribution >= 0.6 is 0 Å². The summed E-state index contributed by atoms with van der Waals surface area (Å²) in [5.74, 6) is 1.70. The van der Waals surface area contributed by atoms with E-state index in [1.54, 1.807) is 6.08 Å². The van der Waals surface area contributed by atoms with E-state index in [9.17, 15) is 0 Å². The Morgan fingerprint density at radius 2 is 0.912 bits per heavy atom. The number of furan rings is 1. The maximum atomic E-state index is 6.61. The number of aromatic nitrogens is 4. The first kappa shape index (κ1) is 40.3. The molecule has 0 atom stereocenters. The van der Waals surface area contributed by atoms with E-state index in [4.69, 9.17) is 19.4 Å². The van der Waals surface area contributed by atoms with Gasteiger partial charge < -0.3 is 8.98 Å². The molecular weight excluding hydrogens is 829 g/mol. The van der Waals surface area contributed by atoms with E-state index >= 15 is 0 Å². The molecule has 0 N–H and O–H groups in total. The fourth-order valence-corrected chi connectivity index (χ4v) is 9.48. The van der Waals surface area contributed by atoms with Gasteiger partial charge in [0.15, 0.2) is 17.5 Å². The second kappa shape index (κ2) is 17.3. The van der Waals surface area contributed by atoms with Crippen LogP contribution in [0.15, 0.2) is 248 Å². The highest BCUT2D eigenvalue weighted by Crippen LogP contribution is 2.47. The summed E-state index contributed by atoms with van der Waals surface area (Å²) >= 11 is 0. The van der Waals surface area contributed by atoms with E-state index in [1.165, 1.54) is 0 Å². The minimum atomic E-state index is 0.547. The van der Waals surface area contributed by atoms with Crippen molar-refractivity contribution in [2.24, 2.45) is 0 Å². The average molecular weight is 871 g/mol. The number of rotatable bonds is 10. The normalized spacial score (nSPS) is 11.8. The zero-order valence-corrected chi connectivity index (χ0v) is 37.0. The first-order valence-corrected chi connectivity index (χ1v) is 22.8. The van der Waals surface area contributed by atoms with Crippen LogP contribution in [0.2, 0.25) is 0 Å². The Labute approximate surface area is 394 Å². The van der Waals surface area contributed by atoms with Gasteiger partial charge in [0.1, 0.15) is 11.2 Å². The van der Waals surface area contributed by atoms with E-state index < -0.39 is 0 Å². The molecule has 3 aromatic heterocycles. The molecule has 320 valence electrons. The molecule has 0 saturated heterocycles. The molecule has 0 amide bonds. The molecule has 0 radical (unpaired) electrons. The molecule has 68 heavy (non-hydrogen) atoms. The largest absolute Gasteiger partial charge is 0.456 e. The molecule has 0 saturated carbocycles. The van der Waals surface area contributed by atoms with Gasteiger partial charge >= 0.3 is 0 Å². The van der Waals surface area contributed by atoms with Gasteiger partial charge in [-0.25, -0.2) is 15.0 Å². The zero-order valence-electron chi connectivity index (χ0n) is 37.0. The number of hydrogen-bond donors (Lipinski definition) is 0. The second-order valence-electron chi connectivity index (χ2n) is 16.8. The van der Waals surface area contributed by atoms with Crippen molar-refractivity contribution in [1.82, 2.24) is 19.5 Å². The molecule has 5 nitrogen and oxygen atoms in total. The third-order valence-electron chi connectivity index (χ3n) is 12.7. The van der Waals surface area contributed by atoms with Crippen LogP contribution in [0.3, 0.4) is 0 Å². The van der Waals surface area contributed by atoms with E-state index in [-0.39, 0.29) is 0 Å². The van der Waals surface area contributed by atoms with Crippen molar-refractivity contribution < 1.29 is 4.42 Å². The summed E-state index contributed by atoms with van der Waals surface area (Å²) in [7, 11) is 0. The smallest absolute Gasteiger partial charge is 0.164 e. The third-order valence-corrected chi connectivity index (χ3v) is 12.7. The highest BCUT2D eigenvalue weighted by molar-refractivity contribution is 6.25. The number of hydrogen-bond acceptors (Lipinski definition) is 4. The highest BCUT2D eigenvalue weighted by atomic mass is 16.3. The first-order valence-electron chi connectivity index (χ1n) is 22.8. The Bertz CT molecular complexity index is 3780. The lowest BCUT2D eigenvalue weighted by Gasteiger charge is -2.21. The van der Waals surface area contributed by atoms with Crippen LogP contribution < -0.4 is 0 Å². The van der Waals surface area contributed by atoms with E-state index in [2.05, 4.69) is 187 Å². The molecule has 12 rings (SSSR count). The molecular formula is C63H42N4O. The van der Waals surface area contributed by atoms with Gasteiger partial charge in [-0.2, -0.15) is 0 Å². The number of allylic oxidation sites excluding steroid dienone is 4. The summed E-state index contributed by atoms with van der Waals surface area (Å²) in [6.45, 7) is 3.84. The minimum absolute atomic E-state index is 0.547. The van der Waals surface area contributed by atoms with Crippen molar-refractivity contribution in [2.45, 2.75) is 0 Å². The summed E-state index contributed by atoms with van der Waals surface area (Å²) in [6, 6.07) is 75.0. The van der Waals surface area contributed by atoms with Crippen LogP contribution in [0, 0.1) is 0 Å². The highest BCUT2D eigenvalue weighted by Gasteiger charge is 2.25. The molecule has 0 aliphatic carbocycles. The Morgan fingerprint density at radius 1 is 0.397 bits per heavy atom. The molecule has 0 spiro atoms. The van der Waals surface area contributed by atoms with E-state index in [0.717, 1.165) is 105 Å². The Balaban J connectivity index is 1.21. The minimum Gasteiger partial charge on any atom is -0.456 e. The molecule has 0 aliphatic heterocycles. The van der Waals surface area contributed by atoms with E-state index in [0.29, 0.717) is 17.5 Å². The molecule has 0 bridgehead atoms. The SMILES string of the molecule is C=C/C=C\C=C\c1nc(-c2ccccc2)nc(-c2cc(-c3ccc(-c4ccccc4)cc3)c(-n3c4ccccc4c4ccc5oc6ccccc6c5c43)c(-c3ccc(-c4ccccc4)cc3)c2)n1. The predicted octanol–water partition coefficient (Wildman–Crippen LogP) is 16.6. The van der Waals surface area contributed by atoms with Gasteiger partial charge in [0.05, 0.1) is 22.1 Å². The van der Waals surface area contributed by atoms with Gasteiger partial charge in [-0.3, -0.25) is 0 Å². The van der Waals surface area contributed by atoms with Crippen molar-refractivity contribution in [3.05, 3.63) is 249 Å². The van der Waals surface area contributed by atoms with Crippen LogP contribution in [0.25, 0.3) is 123 Å². The molecule has 9 aromatic carbocycles. The van der Waals surface area contributed by atoms with Crippen molar-refractivity contribution in [3.63, 3.8) is 0 Å². The topological polar surface area (TPSA) is 56.7 Å². The van der Waals surface area contributed by atoms with Crippen LogP contribution in [0.1, 0.15) is 5.82 Å². The van der Waals surface area contributed by atoms with Crippen molar-refractivity contribution in [2.75, 3.05) is 0 Å². The van der Waals surface area contributed by atoms with Gasteiger partial charge in [0.2, 0.25) is 0 Å². The summed E-state index contributed by atoms with van der Waals surface area (Å²) in [6.07, 6.45) is 9.40. The van der Waals surface area contributed by atoms with Crippen LogP contribution in [0.5, 0.6) is 0 Å². The van der Waals surface area contributed by atoms with Gasteiger partial charge in [-0.1, -0.05) is 207 Å². The van der Waals surface area contributed by atoms with Crippen molar-refractivity contribution in [1.29, 1.82) is 0 Å². The van der Waals surface area contributed by atoms with Gasteiger partial charge in [0.25, 0.3) is 0 Å². The summed E-state index contributed by atoms with van der Waals surface area (Å²) in [5.41, 5.74) is 15.4. The Hall–Kier alpha value is -9.19. The third kappa shape index (κ3) is 7.29. The molecule has 0 fully saturated rings. The lowest BCUT2D eigenvalue weighted by molar-refractivity contribution is 0.669. The Kier molecular flexibility index (Phi) is 10.3. The maximum absolute atomic E-state index is 6.61. The van der Waals surface area contributed by atoms with Crippen LogP contribution in [-0.4, -0.2) is 19.5 Å². The molecule has 0 unspecified atom stereocenters. The zero-order chi connectivity index (χ0) is 45.4. The fourth-order valence-electron chi connectivity index (χ4n) is 9.48. The molecule has 3 heterocycles. The van der Waals surface area contributed by atoms with Crippen LogP contribution in [0.4, 0.5) is 0 Å². The van der Waals surface area contributed by atoms with Crippen LogP contribution in [-0.2, 0) is 0 Å². The first-order chi connectivity index (χ1) is 33.7. The second-order valence-corrected chi connectivity index (χ2v) is 16.8. The fraction of sp³-hybridized carbons (Fsp3) is 0. The monoisotopic (exact) mass is 870 g/mol. The lowest BCUT2D eigenvalue weighted by atomic mass is 9.91. The van der Waals surface area contributed by atoms with Crippen molar-refractivity contribution in [3.8, 4) is 73.0 Å². The summed E-state index contributed by atoms with van der Waals surface area (Å²) < 4.78 is 9.09. The molecule has 5 heteroatoms. The summed E-state index contributed by atoms with van der Waals surface area (Å²) in [5, 5.41) is 4.44. The standard InChI is InChI=1S/C63H42N4O/c1-2-3-4-14-29-58-64-62(48-23-12-7-13-24-48)66-63(65-58)49-40-53(46-34-30-44(31-35-46)42-19-8-5-9-20-42)60(54(41-49)47-36-32-45(33-37-47)43-21-10-6-11-22-43)67-55-27-17-15-25-50(55)51-38-39-57-59(61(51)67)52-26-16-18-28-56(52)68-57/h2-41H,1H2/b4-3-,29-14+. The number of para-hydroxylation sites is 2. The Morgan fingerprint density at radius 3 is 1.53 bits per heavy atom. The quantitative estimate of drug-likeness (QED) is 0.129. The summed E-state index contributed by atoms with van der Waals surface area (Å²) in [4.78, 5) is 15.4. The number of fused-ring (bicyclic) bond motifs is 7. The number of benzene rings is 9. The number of nitrogens with zero attached hydrogens (tertiary/aromatic N) is 4. The van der Waals surface area contributed by atoms with Gasteiger partial charge in [-0.15, -0.1) is 0 Å². The molecule has 12 aromatic rings. The van der Waals surface area contributed by atoms with Gasteiger partial charge in [0, 0.05) is 38.4 Å². The predicted molar refractivity (Wildman–Crippen MR) is 282 cm³/mol. The average Bonchev–Trinajstić information content (AvgIpc) is 3.96. The maximum Gasteiger partial charge on any atom is 0.164 e. The van der Waals surface area contributed by atoms with E-state index in [1.807, 2.05) is 60.7 Å². The molecule has 0 aliphatic rings. The lowest BCUT2D eigenvalue weighted by Crippen LogP contribution is -2.04. The van der Waals surface area contributed by atoms with Crippen molar-refractivity contribution >= 4 is 49.8 Å². The van der Waals surface area contributed by atoms with Gasteiger partial charge in [-0.05, 0) is 75.9 Å².